The summed E-state index contributed by atoms with van der Waals surface area (Å²) >= 11 is 0. The molecule has 0 aromatic heterocycles. The third-order valence-corrected chi connectivity index (χ3v) is 3.03. The Morgan fingerprint density at radius 2 is 2.31 bits per heavy atom. The van der Waals surface area contributed by atoms with Crippen molar-refractivity contribution in [2.45, 2.75) is 31.7 Å². The Balaban J connectivity index is 2.10. The summed E-state index contributed by atoms with van der Waals surface area (Å²) in [6.45, 7) is 1.03. The number of benzene rings is 1. The van der Waals surface area contributed by atoms with Crippen molar-refractivity contribution in [3.8, 4) is 5.75 Å². The molecule has 0 aliphatic carbocycles. The highest BCUT2D eigenvalue weighted by molar-refractivity contribution is 5.39. The van der Waals surface area contributed by atoms with Crippen LogP contribution >= 0.6 is 0 Å². The molecule has 16 heavy (non-hydrogen) atoms. The molecule has 1 aliphatic heterocycles. The Morgan fingerprint density at radius 3 is 3.12 bits per heavy atom. The normalized spacial score (nSPS) is 16.4. The summed E-state index contributed by atoms with van der Waals surface area (Å²) in [6, 6.07) is 6.23. The Kier molecular flexibility index (Phi) is 3.80. The molecule has 1 aromatic rings. The van der Waals surface area contributed by atoms with E-state index >= 15 is 0 Å². The van der Waals surface area contributed by atoms with E-state index < -0.39 is 0 Å². The van der Waals surface area contributed by atoms with E-state index in [1.807, 2.05) is 12.1 Å². The third-order valence-electron chi connectivity index (χ3n) is 3.03. The second kappa shape index (κ2) is 5.32. The van der Waals surface area contributed by atoms with E-state index in [0.29, 0.717) is 0 Å². The summed E-state index contributed by atoms with van der Waals surface area (Å²) in [5, 5.41) is 8.78. The van der Waals surface area contributed by atoms with Gasteiger partial charge in [0.15, 0.2) is 0 Å². The van der Waals surface area contributed by atoms with Crippen molar-refractivity contribution < 1.29 is 9.84 Å². The quantitative estimate of drug-likeness (QED) is 0.815. The van der Waals surface area contributed by atoms with Gasteiger partial charge in [-0.05, 0) is 42.9 Å². The van der Waals surface area contributed by atoms with E-state index in [-0.39, 0.29) is 12.6 Å². The van der Waals surface area contributed by atoms with Gasteiger partial charge >= 0.3 is 0 Å². The van der Waals surface area contributed by atoms with Crippen LogP contribution in [0.4, 0.5) is 0 Å². The summed E-state index contributed by atoms with van der Waals surface area (Å²) in [6.07, 6.45) is 3.75. The molecule has 0 radical (unpaired) electrons. The van der Waals surface area contributed by atoms with E-state index in [2.05, 4.69) is 6.07 Å². The van der Waals surface area contributed by atoms with Crippen LogP contribution in [-0.4, -0.2) is 18.3 Å². The van der Waals surface area contributed by atoms with E-state index in [1.54, 1.807) is 0 Å². The lowest BCUT2D eigenvalue weighted by Gasteiger charge is -2.19. The largest absolute Gasteiger partial charge is 0.493 e. The van der Waals surface area contributed by atoms with E-state index in [9.17, 15) is 0 Å². The molecule has 1 aromatic carbocycles. The first-order valence-corrected chi connectivity index (χ1v) is 5.93. The fourth-order valence-electron chi connectivity index (χ4n) is 2.09. The van der Waals surface area contributed by atoms with E-state index in [1.165, 1.54) is 5.56 Å². The smallest absolute Gasteiger partial charge is 0.122 e. The van der Waals surface area contributed by atoms with Crippen LogP contribution in [0.25, 0.3) is 0 Å². The van der Waals surface area contributed by atoms with Gasteiger partial charge in [-0.3, -0.25) is 0 Å². The minimum Gasteiger partial charge on any atom is -0.493 e. The van der Waals surface area contributed by atoms with Gasteiger partial charge in [-0.2, -0.15) is 0 Å². The molecule has 3 N–H and O–H groups in total. The number of hydrogen-bond acceptors (Lipinski definition) is 3. The fourth-order valence-corrected chi connectivity index (χ4v) is 2.09. The van der Waals surface area contributed by atoms with Gasteiger partial charge in [-0.1, -0.05) is 12.1 Å². The van der Waals surface area contributed by atoms with Gasteiger partial charge in [0, 0.05) is 12.6 Å². The van der Waals surface area contributed by atoms with Gasteiger partial charge in [0.05, 0.1) is 6.61 Å². The summed E-state index contributed by atoms with van der Waals surface area (Å²) in [7, 11) is 0. The standard InChI is InChI=1S/C13H19NO2/c14-12(4-1-7-15)10-5-6-13-11(9-10)3-2-8-16-13/h5-6,9,12,15H,1-4,7-8,14H2. The lowest BCUT2D eigenvalue weighted by Crippen LogP contribution is -2.13. The van der Waals surface area contributed by atoms with Crippen molar-refractivity contribution in [2.24, 2.45) is 5.73 Å². The first-order valence-electron chi connectivity index (χ1n) is 5.93. The van der Waals surface area contributed by atoms with Crippen LogP contribution in [0.5, 0.6) is 5.75 Å². The average Bonchev–Trinajstić information content (AvgIpc) is 2.35. The molecule has 3 heteroatoms. The van der Waals surface area contributed by atoms with Crippen molar-refractivity contribution in [3.63, 3.8) is 0 Å². The van der Waals surface area contributed by atoms with E-state index in [4.69, 9.17) is 15.6 Å². The van der Waals surface area contributed by atoms with Gasteiger partial charge in [0.25, 0.3) is 0 Å². The maximum atomic E-state index is 8.78. The first kappa shape index (κ1) is 11.4. The molecule has 88 valence electrons. The monoisotopic (exact) mass is 221 g/mol. The molecular weight excluding hydrogens is 202 g/mol. The first-order chi connectivity index (χ1) is 7.81. The van der Waals surface area contributed by atoms with Crippen molar-refractivity contribution in [1.82, 2.24) is 0 Å². The average molecular weight is 221 g/mol. The SMILES string of the molecule is NC(CCCO)c1ccc2c(c1)CCCO2. The Bertz CT molecular complexity index is 352. The molecule has 3 nitrogen and oxygen atoms in total. The molecule has 0 saturated heterocycles. The highest BCUT2D eigenvalue weighted by Crippen LogP contribution is 2.28. The minimum atomic E-state index is 0.0272. The number of aliphatic hydroxyl groups is 1. The van der Waals surface area contributed by atoms with Crippen molar-refractivity contribution in [3.05, 3.63) is 29.3 Å². The molecular formula is C13H19NO2. The molecule has 0 bridgehead atoms. The van der Waals surface area contributed by atoms with Crippen LogP contribution in [0.15, 0.2) is 18.2 Å². The molecule has 1 unspecified atom stereocenters. The van der Waals surface area contributed by atoms with E-state index in [0.717, 1.165) is 43.6 Å². The highest BCUT2D eigenvalue weighted by atomic mass is 16.5. The molecule has 0 amide bonds. The van der Waals surface area contributed by atoms with Crippen LogP contribution in [0.1, 0.15) is 36.4 Å². The lowest BCUT2D eigenvalue weighted by atomic mass is 9.97. The summed E-state index contributed by atoms with van der Waals surface area (Å²) in [5.74, 6) is 1.00. The van der Waals surface area contributed by atoms with Gasteiger partial charge in [-0.25, -0.2) is 0 Å². The number of nitrogens with two attached hydrogens (primary N) is 1. The number of rotatable bonds is 4. The predicted molar refractivity (Wildman–Crippen MR) is 63.5 cm³/mol. The number of aliphatic hydroxyl groups excluding tert-OH is 1. The summed E-state index contributed by atoms with van der Waals surface area (Å²) in [4.78, 5) is 0. The number of fused-ring (bicyclic) bond motifs is 1. The van der Waals surface area contributed by atoms with Gasteiger partial charge in [0.1, 0.15) is 5.75 Å². The highest BCUT2D eigenvalue weighted by Gasteiger charge is 2.13. The fraction of sp³-hybridized carbons (Fsp3) is 0.538. The molecule has 1 heterocycles. The topological polar surface area (TPSA) is 55.5 Å². The molecule has 0 spiro atoms. The minimum absolute atomic E-state index is 0.0272. The molecule has 1 aliphatic rings. The lowest BCUT2D eigenvalue weighted by molar-refractivity contribution is 0.279. The Labute approximate surface area is 96.2 Å². The number of hydrogen-bond donors (Lipinski definition) is 2. The van der Waals surface area contributed by atoms with Gasteiger partial charge < -0.3 is 15.6 Å². The van der Waals surface area contributed by atoms with Gasteiger partial charge in [0.2, 0.25) is 0 Å². The summed E-state index contributed by atoms with van der Waals surface area (Å²) < 4.78 is 5.56. The van der Waals surface area contributed by atoms with Crippen LogP contribution in [0.3, 0.4) is 0 Å². The van der Waals surface area contributed by atoms with Crippen LogP contribution < -0.4 is 10.5 Å². The van der Waals surface area contributed by atoms with Crippen molar-refractivity contribution >= 4 is 0 Å². The zero-order valence-electron chi connectivity index (χ0n) is 9.48. The third kappa shape index (κ3) is 2.54. The van der Waals surface area contributed by atoms with Crippen molar-refractivity contribution in [1.29, 1.82) is 0 Å². The predicted octanol–water partition coefficient (Wildman–Crippen LogP) is 1.78. The number of aryl methyl sites for hydroxylation is 1. The van der Waals surface area contributed by atoms with Crippen LogP contribution in [0.2, 0.25) is 0 Å². The Hall–Kier alpha value is -1.06. The molecule has 1 atom stereocenters. The maximum Gasteiger partial charge on any atom is 0.122 e. The maximum absolute atomic E-state index is 8.78. The van der Waals surface area contributed by atoms with Crippen LogP contribution in [0, 0.1) is 0 Å². The van der Waals surface area contributed by atoms with Gasteiger partial charge in [-0.15, -0.1) is 0 Å². The Morgan fingerprint density at radius 1 is 1.44 bits per heavy atom. The second-order valence-electron chi connectivity index (χ2n) is 4.29. The summed E-state index contributed by atoms with van der Waals surface area (Å²) in [5.41, 5.74) is 8.48. The van der Waals surface area contributed by atoms with Crippen molar-refractivity contribution in [2.75, 3.05) is 13.2 Å². The second-order valence-corrected chi connectivity index (χ2v) is 4.29. The zero-order chi connectivity index (χ0) is 11.4. The zero-order valence-corrected chi connectivity index (χ0v) is 9.48. The molecule has 2 rings (SSSR count). The van der Waals surface area contributed by atoms with Crippen LogP contribution in [-0.2, 0) is 6.42 Å². The molecule has 0 fully saturated rings. The number of ether oxygens (including phenoxy) is 1. The molecule has 0 saturated carbocycles.